The summed E-state index contributed by atoms with van der Waals surface area (Å²) in [7, 11) is 0. The number of nitrogens with one attached hydrogen (secondary N) is 1. The molecule has 0 radical (unpaired) electrons. The summed E-state index contributed by atoms with van der Waals surface area (Å²) in [6.45, 7) is 3.52. The molecule has 0 atom stereocenters. The number of rotatable bonds is 7. The highest BCUT2D eigenvalue weighted by Gasteiger charge is 2.04. The highest BCUT2D eigenvalue weighted by atomic mass is 16.1. The van der Waals surface area contributed by atoms with Gasteiger partial charge in [0.1, 0.15) is 0 Å². The van der Waals surface area contributed by atoms with E-state index in [1.807, 2.05) is 47.9 Å². The number of aromatic nitrogens is 1. The Bertz CT molecular complexity index is 854. The van der Waals surface area contributed by atoms with Crippen molar-refractivity contribution < 1.29 is 0 Å². The van der Waals surface area contributed by atoms with Crippen molar-refractivity contribution in [3.8, 4) is 0 Å². The summed E-state index contributed by atoms with van der Waals surface area (Å²) in [6.07, 6.45) is 1.80. The first-order valence-corrected chi connectivity index (χ1v) is 8.75. The average molecular weight is 332 g/mol. The van der Waals surface area contributed by atoms with Crippen LogP contribution in [-0.4, -0.2) is 11.1 Å². The Kier molecular flexibility index (Phi) is 5.68. The molecule has 0 bridgehead atoms. The SMILES string of the molecule is Cc1cc(NCCc2ccccc2)cc(=O)n1CCc1ccccc1. The molecule has 0 saturated carbocycles. The van der Waals surface area contributed by atoms with Gasteiger partial charge in [-0.3, -0.25) is 4.79 Å². The van der Waals surface area contributed by atoms with Gasteiger partial charge < -0.3 is 9.88 Å². The van der Waals surface area contributed by atoms with Crippen LogP contribution in [0.4, 0.5) is 5.69 Å². The first-order chi connectivity index (χ1) is 12.2. The van der Waals surface area contributed by atoms with E-state index in [0.29, 0.717) is 6.54 Å². The van der Waals surface area contributed by atoms with Gasteiger partial charge >= 0.3 is 0 Å². The molecule has 1 aromatic heterocycles. The molecule has 0 fully saturated rings. The molecule has 25 heavy (non-hydrogen) atoms. The zero-order valence-corrected chi connectivity index (χ0v) is 14.6. The fourth-order valence-corrected chi connectivity index (χ4v) is 3.00. The highest BCUT2D eigenvalue weighted by Crippen LogP contribution is 2.09. The second-order valence-corrected chi connectivity index (χ2v) is 6.27. The molecule has 3 nitrogen and oxygen atoms in total. The quantitative estimate of drug-likeness (QED) is 0.708. The van der Waals surface area contributed by atoms with Gasteiger partial charge in [-0.05, 0) is 37.0 Å². The Balaban J connectivity index is 1.60. The van der Waals surface area contributed by atoms with Crippen LogP contribution in [0, 0.1) is 6.92 Å². The van der Waals surface area contributed by atoms with Gasteiger partial charge in [0.05, 0.1) is 0 Å². The summed E-state index contributed by atoms with van der Waals surface area (Å²) in [6, 6.07) is 24.4. The van der Waals surface area contributed by atoms with Crippen molar-refractivity contribution in [1.82, 2.24) is 4.57 Å². The summed E-state index contributed by atoms with van der Waals surface area (Å²) in [5, 5.41) is 3.36. The van der Waals surface area contributed by atoms with E-state index in [-0.39, 0.29) is 5.56 Å². The van der Waals surface area contributed by atoms with Gasteiger partial charge in [0.15, 0.2) is 0 Å². The van der Waals surface area contributed by atoms with Crippen LogP contribution in [0.5, 0.6) is 0 Å². The minimum absolute atomic E-state index is 0.0538. The van der Waals surface area contributed by atoms with Crippen LogP contribution < -0.4 is 10.9 Å². The van der Waals surface area contributed by atoms with E-state index < -0.39 is 0 Å². The zero-order valence-electron chi connectivity index (χ0n) is 14.6. The molecule has 2 aromatic carbocycles. The average Bonchev–Trinajstić information content (AvgIpc) is 2.63. The van der Waals surface area contributed by atoms with Crippen molar-refractivity contribution in [3.05, 3.63) is 100.0 Å². The Morgan fingerprint density at radius 3 is 2.04 bits per heavy atom. The molecule has 3 aromatic rings. The topological polar surface area (TPSA) is 34.0 Å². The van der Waals surface area contributed by atoms with Gasteiger partial charge in [0, 0.05) is 30.5 Å². The molecule has 3 heteroatoms. The lowest BCUT2D eigenvalue weighted by Gasteiger charge is -2.13. The van der Waals surface area contributed by atoms with Gasteiger partial charge in [-0.1, -0.05) is 60.7 Å². The van der Waals surface area contributed by atoms with Crippen molar-refractivity contribution in [2.24, 2.45) is 0 Å². The van der Waals surface area contributed by atoms with Crippen molar-refractivity contribution in [2.75, 3.05) is 11.9 Å². The van der Waals surface area contributed by atoms with E-state index in [2.05, 4.69) is 35.6 Å². The van der Waals surface area contributed by atoms with Crippen LogP contribution in [0.15, 0.2) is 77.6 Å². The van der Waals surface area contributed by atoms with Crippen molar-refractivity contribution in [2.45, 2.75) is 26.3 Å². The second kappa shape index (κ2) is 8.34. The first-order valence-electron chi connectivity index (χ1n) is 8.75. The summed E-state index contributed by atoms with van der Waals surface area (Å²) >= 11 is 0. The molecule has 1 N–H and O–H groups in total. The second-order valence-electron chi connectivity index (χ2n) is 6.27. The number of aryl methyl sites for hydroxylation is 2. The van der Waals surface area contributed by atoms with Crippen LogP contribution in [-0.2, 0) is 19.4 Å². The molecule has 0 unspecified atom stereocenters. The third-order valence-electron chi connectivity index (χ3n) is 4.39. The third kappa shape index (κ3) is 4.83. The lowest BCUT2D eigenvalue weighted by atomic mass is 10.1. The molecule has 0 aliphatic carbocycles. The van der Waals surface area contributed by atoms with Gasteiger partial charge in [-0.25, -0.2) is 0 Å². The highest BCUT2D eigenvalue weighted by molar-refractivity contribution is 5.43. The van der Waals surface area contributed by atoms with E-state index in [9.17, 15) is 4.79 Å². The lowest BCUT2D eigenvalue weighted by Crippen LogP contribution is -2.23. The Morgan fingerprint density at radius 2 is 1.44 bits per heavy atom. The van der Waals surface area contributed by atoms with Gasteiger partial charge in [0.25, 0.3) is 5.56 Å². The van der Waals surface area contributed by atoms with Gasteiger partial charge in [-0.2, -0.15) is 0 Å². The molecular weight excluding hydrogens is 308 g/mol. The lowest BCUT2D eigenvalue weighted by molar-refractivity contribution is 0.649. The molecule has 128 valence electrons. The maximum atomic E-state index is 12.4. The number of anilines is 1. The van der Waals surface area contributed by atoms with Gasteiger partial charge in [0.2, 0.25) is 0 Å². The first kappa shape index (κ1) is 17.0. The van der Waals surface area contributed by atoms with E-state index >= 15 is 0 Å². The molecule has 0 saturated heterocycles. The Hall–Kier alpha value is -2.81. The zero-order chi connectivity index (χ0) is 17.5. The van der Waals surface area contributed by atoms with Gasteiger partial charge in [-0.15, -0.1) is 0 Å². The molecule has 0 aliphatic rings. The summed E-state index contributed by atoms with van der Waals surface area (Å²) in [4.78, 5) is 12.4. The monoisotopic (exact) mass is 332 g/mol. The van der Waals surface area contributed by atoms with Crippen LogP contribution >= 0.6 is 0 Å². The smallest absolute Gasteiger partial charge is 0.252 e. The molecule has 0 spiro atoms. The van der Waals surface area contributed by atoms with E-state index in [4.69, 9.17) is 0 Å². The van der Waals surface area contributed by atoms with Crippen molar-refractivity contribution in [1.29, 1.82) is 0 Å². The summed E-state index contributed by atoms with van der Waals surface area (Å²) in [5.74, 6) is 0. The maximum absolute atomic E-state index is 12.4. The Morgan fingerprint density at radius 1 is 0.840 bits per heavy atom. The Labute approximate surface area is 149 Å². The molecule has 1 heterocycles. The standard InChI is InChI=1S/C22H24N2O/c1-18-16-21(23-14-12-19-8-4-2-5-9-19)17-22(25)24(18)15-13-20-10-6-3-7-11-20/h2-11,16-17,23H,12-15H2,1H3. The van der Waals surface area contributed by atoms with Crippen molar-refractivity contribution in [3.63, 3.8) is 0 Å². The maximum Gasteiger partial charge on any atom is 0.252 e. The molecular formula is C22H24N2O. The number of benzene rings is 2. The van der Waals surface area contributed by atoms with E-state index in [0.717, 1.165) is 30.8 Å². The normalized spacial score (nSPS) is 10.6. The fraction of sp³-hybridized carbons (Fsp3) is 0.227. The number of hydrogen-bond donors (Lipinski definition) is 1. The van der Waals surface area contributed by atoms with Crippen LogP contribution in [0.3, 0.4) is 0 Å². The predicted molar refractivity (Wildman–Crippen MR) is 104 cm³/mol. The molecule has 3 rings (SSSR count). The van der Waals surface area contributed by atoms with Crippen molar-refractivity contribution >= 4 is 5.69 Å². The summed E-state index contributed by atoms with van der Waals surface area (Å²) in [5.41, 5.74) is 4.49. The minimum atomic E-state index is 0.0538. The number of hydrogen-bond acceptors (Lipinski definition) is 2. The molecule has 0 aliphatic heterocycles. The van der Waals surface area contributed by atoms with Crippen LogP contribution in [0.25, 0.3) is 0 Å². The number of nitrogens with zero attached hydrogens (tertiary/aromatic N) is 1. The predicted octanol–water partition coefficient (Wildman–Crippen LogP) is 4.05. The summed E-state index contributed by atoms with van der Waals surface area (Å²) < 4.78 is 1.84. The number of pyridine rings is 1. The molecule has 0 amide bonds. The fourth-order valence-electron chi connectivity index (χ4n) is 3.00. The van der Waals surface area contributed by atoms with E-state index in [1.54, 1.807) is 6.07 Å². The van der Waals surface area contributed by atoms with Crippen LogP contribution in [0.1, 0.15) is 16.8 Å². The largest absolute Gasteiger partial charge is 0.385 e. The van der Waals surface area contributed by atoms with E-state index in [1.165, 1.54) is 11.1 Å². The minimum Gasteiger partial charge on any atom is -0.385 e. The third-order valence-corrected chi connectivity index (χ3v) is 4.39. The van der Waals surface area contributed by atoms with Crippen LogP contribution in [0.2, 0.25) is 0 Å².